The molecule has 0 aliphatic carbocycles. The summed E-state index contributed by atoms with van der Waals surface area (Å²) in [5, 5.41) is 0. The van der Waals surface area contributed by atoms with E-state index in [9.17, 15) is 9.18 Å². The van der Waals surface area contributed by atoms with Crippen LogP contribution in [0.5, 0.6) is 0 Å². The highest BCUT2D eigenvalue weighted by Gasteiger charge is 2.27. The van der Waals surface area contributed by atoms with Crippen LogP contribution in [0.1, 0.15) is 25.1 Å². The van der Waals surface area contributed by atoms with Gasteiger partial charge in [0.2, 0.25) is 0 Å². The smallest absolute Gasteiger partial charge is 0.284 e. The first-order chi connectivity index (χ1) is 6.48. The van der Waals surface area contributed by atoms with Gasteiger partial charge in [-0.2, -0.15) is 0 Å². The predicted molar refractivity (Wildman–Crippen MR) is 49.6 cm³/mol. The van der Waals surface area contributed by atoms with Crippen molar-refractivity contribution in [3.8, 4) is 0 Å². The minimum absolute atomic E-state index is 0.284. The van der Waals surface area contributed by atoms with Gasteiger partial charge >= 0.3 is 0 Å². The molecule has 3 nitrogen and oxygen atoms in total. The summed E-state index contributed by atoms with van der Waals surface area (Å²) in [5.74, 6) is -0.743. The molecule has 76 valence electrons. The molecule has 4 heteroatoms. The molecular formula is C10H12FNO2. The van der Waals surface area contributed by atoms with E-state index in [0.717, 1.165) is 11.3 Å². The molecule has 1 aliphatic rings. The molecule has 0 atom stereocenters. The second kappa shape index (κ2) is 2.92. The second-order valence-electron chi connectivity index (χ2n) is 4.18. The van der Waals surface area contributed by atoms with E-state index in [1.54, 1.807) is 0 Å². The van der Waals surface area contributed by atoms with Crippen molar-refractivity contribution < 1.29 is 9.13 Å². The van der Waals surface area contributed by atoms with Gasteiger partial charge in [-0.15, -0.1) is 0 Å². The molecule has 2 heterocycles. The average molecular weight is 197 g/mol. The molecule has 14 heavy (non-hydrogen) atoms. The number of ether oxygens (including phenoxy) is 1. The van der Waals surface area contributed by atoms with Crippen molar-refractivity contribution >= 4 is 0 Å². The Kier molecular flexibility index (Phi) is 1.96. The summed E-state index contributed by atoms with van der Waals surface area (Å²) in [7, 11) is 0. The Morgan fingerprint density at radius 2 is 2.29 bits per heavy atom. The summed E-state index contributed by atoms with van der Waals surface area (Å²) in [6.45, 7) is 4.24. The lowest BCUT2D eigenvalue weighted by Crippen LogP contribution is -2.34. The summed E-state index contributed by atoms with van der Waals surface area (Å²) in [5.41, 5.74) is 0.587. The monoisotopic (exact) mass is 197 g/mol. The SMILES string of the molecule is CC1(C)Cc2[nH]c(=O)c(F)cc2CO1. The first kappa shape index (κ1) is 9.40. The number of aromatic nitrogens is 1. The Morgan fingerprint density at radius 3 is 3.00 bits per heavy atom. The summed E-state index contributed by atoms with van der Waals surface area (Å²) in [6, 6.07) is 1.25. The Labute approximate surface area is 80.9 Å². The third kappa shape index (κ3) is 1.57. The zero-order valence-corrected chi connectivity index (χ0v) is 8.19. The highest BCUT2D eigenvalue weighted by Crippen LogP contribution is 2.25. The molecule has 0 aromatic carbocycles. The minimum atomic E-state index is -0.743. The lowest BCUT2D eigenvalue weighted by molar-refractivity contribution is -0.0415. The van der Waals surface area contributed by atoms with E-state index in [0.29, 0.717) is 13.0 Å². The molecule has 0 fully saturated rings. The van der Waals surface area contributed by atoms with Gasteiger partial charge in [0, 0.05) is 17.7 Å². The van der Waals surface area contributed by atoms with E-state index in [4.69, 9.17) is 4.74 Å². The number of aromatic amines is 1. The van der Waals surface area contributed by atoms with Gasteiger partial charge < -0.3 is 9.72 Å². The van der Waals surface area contributed by atoms with E-state index in [-0.39, 0.29) is 5.60 Å². The van der Waals surface area contributed by atoms with Crippen LogP contribution < -0.4 is 5.56 Å². The maximum atomic E-state index is 12.9. The van der Waals surface area contributed by atoms with Crippen LogP contribution in [0.4, 0.5) is 4.39 Å². The van der Waals surface area contributed by atoms with Gasteiger partial charge in [-0.1, -0.05) is 0 Å². The minimum Gasteiger partial charge on any atom is -0.370 e. The molecule has 0 amide bonds. The van der Waals surface area contributed by atoms with E-state index >= 15 is 0 Å². The second-order valence-corrected chi connectivity index (χ2v) is 4.18. The number of fused-ring (bicyclic) bond motifs is 1. The average Bonchev–Trinajstić information content (AvgIpc) is 2.07. The van der Waals surface area contributed by atoms with Crippen molar-refractivity contribution in [1.29, 1.82) is 0 Å². The quantitative estimate of drug-likeness (QED) is 0.682. The molecule has 1 aromatic heterocycles. The van der Waals surface area contributed by atoms with Gasteiger partial charge in [0.05, 0.1) is 12.2 Å². The molecule has 0 saturated heterocycles. The zero-order chi connectivity index (χ0) is 10.3. The van der Waals surface area contributed by atoms with Crippen LogP contribution in [0.2, 0.25) is 0 Å². The van der Waals surface area contributed by atoms with Gasteiger partial charge in [-0.05, 0) is 19.9 Å². The molecule has 1 N–H and O–H groups in total. The Balaban J connectivity index is 2.48. The largest absolute Gasteiger partial charge is 0.370 e. The van der Waals surface area contributed by atoms with Crippen LogP contribution in [0, 0.1) is 5.82 Å². The van der Waals surface area contributed by atoms with E-state index < -0.39 is 11.4 Å². The van der Waals surface area contributed by atoms with Crippen LogP contribution in [-0.4, -0.2) is 10.6 Å². The van der Waals surface area contributed by atoms with Gasteiger partial charge in [0.25, 0.3) is 5.56 Å². The van der Waals surface area contributed by atoms with Gasteiger partial charge in [0.15, 0.2) is 5.82 Å². The van der Waals surface area contributed by atoms with Crippen molar-refractivity contribution in [2.45, 2.75) is 32.5 Å². The molecule has 0 spiro atoms. The molecular weight excluding hydrogens is 185 g/mol. The third-order valence-electron chi connectivity index (χ3n) is 2.39. The summed E-state index contributed by atoms with van der Waals surface area (Å²) >= 11 is 0. The predicted octanol–water partition coefficient (Wildman–Crippen LogP) is 1.37. The molecule has 0 bridgehead atoms. The van der Waals surface area contributed by atoms with Crippen LogP contribution in [0.3, 0.4) is 0 Å². The molecule has 0 unspecified atom stereocenters. The topological polar surface area (TPSA) is 42.1 Å². The van der Waals surface area contributed by atoms with Crippen LogP contribution >= 0.6 is 0 Å². The molecule has 2 rings (SSSR count). The zero-order valence-electron chi connectivity index (χ0n) is 8.19. The van der Waals surface area contributed by atoms with Crippen molar-refractivity contribution in [2.75, 3.05) is 0 Å². The third-order valence-corrected chi connectivity index (χ3v) is 2.39. The summed E-state index contributed by atoms with van der Waals surface area (Å²) < 4.78 is 18.4. The number of hydrogen-bond acceptors (Lipinski definition) is 2. The van der Waals surface area contributed by atoms with Crippen molar-refractivity contribution in [1.82, 2.24) is 4.98 Å². The molecule has 1 aliphatic heterocycles. The van der Waals surface area contributed by atoms with Gasteiger partial charge in [-0.25, -0.2) is 4.39 Å². The highest BCUT2D eigenvalue weighted by molar-refractivity contribution is 5.23. The maximum Gasteiger partial charge on any atom is 0.284 e. The molecule has 0 radical (unpaired) electrons. The van der Waals surface area contributed by atoms with Gasteiger partial charge in [-0.3, -0.25) is 4.79 Å². The molecule has 1 aromatic rings. The lowest BCUT2D eigenvalue weighted by Gasteiger charge is -2.31. The van der Waals surface area contributed by atoms with Crippen molar-refractivity contribution in [3.63, 3.8) is 0 Å². The Hall–Kier alpha value is -1.16. The fourth-order valence-corrected chi connectivity index (χ4v) is 1.62. The van der Waals surface area contributed by atoms with Crippen molar-refractivity contribution in [3.05, 3.63) is 33.5 Å². The number of H-pyrrole nitrogens is 1. The normalized spacial score (nSPS) is 19.1. The van der Waals surface area contributed by atoms with Crippen LogP contribution in [-0.2, 0) is 17.8 Å². The number of nitrogens with one attached hydrogen (secondary N) is 1. The number of pyridine rings is 1. The standard InChI is InChI=1S/C10H12FNO2/c1-10(2)4-8-6(5-14-10)3-7(11)9(13)12-8/h3H,4-5H2,1-2H3,(H,12,13). The summed E-state index contributed by atoms with van der Waals surface area (Å²) in [6.07, 6.45) is 0.609. The first-order valence-corrected chi connectivity index (χ1v) is 4.52. The fourth-order valence-electron chi connectivity index (χ4n) is 1.62. The fraction of sp³-hybridized carbons (Fsp3) is 0.500. The summed E-state index contributed by atoms with van der Waals surface area (Å²) in [4.78, 5) is 13.6. The first-order valence-electron chi connectivity index (χ1n) is 4.52. The Morgan fingerprint density at radius 1 is 1.57 bits per heavy atom. The van der Waals surface area contributed by atoms with E-state index in [1.165, 1.54) is 6.07 Å². The van der Waals surface area contributed by atoms with Gasteiger partial charge in [0.1, 0.15) is 0 Å². The van der Waals surface area contributed by atoms with Crippen LogP contribution in [0.15, 0.2) is 10.9 Å². The Bertz CT molecular complexity index is 423. The maximum absolute atomic E-state index is 12.9. The van der Waals surface area contributed by atoms with E-state index in [1.807, 2.05) is 13.8 Å². The number of halogens is 1. The van der Waals surface area contributed by atoms with Crippen molar-refractivity contribution in [2.24, 2.45) is 0 Å². The van der Waals surface area contributed by atoms with E-state index in [2.05, 4.69) is 4.98 Å². The number of rotatable bonds is 0. The highest BCUT2D eigenvalue weighted by atomic mass is 19.1. The molecule has 0 saturated carbocycles. The lowest BCUT2D eigenvalue weighted by atomic mass is 9.96. The number of hydrogen-bond donors (Lipinski definition) is 1. The van der Waals surface area contributed by atoms with Crippen LogP contribution in [0.25, 0.3) is 0 Å².